The van der Waals surface area contributed by atoms with Gasteiger partial charge in [0.15, 0.2) is 11.5 Å². The highest BCUT2D eigenvalue weighted by Gasteiger charge is 2.28. The number of carbonyl (C=O) groups excluding carboxylic acids is 2. The van der Waals surface area contributed by atoms with Gasteiger partial charge in [-0.1, -0.05) is 32.4 Å². The molecule has 8 nitrogen and oxygen atoms in total. The Morgan fingerprint density at radius 1 is 1.19 bits per heavy atom. The van der Waals surface area contributed by atoms with Gasteiger partial charge in [0.25, 0.3) is 0 Å². The summed E-state index contributed by atoms with van der Waals surface area (Å²) in [6.07, 6.45) is 0.693. The van der Waals surface area contributed by atoms with E-state index in [0.717, 1.165) is 5.56 Å². The van der Waals surface area contributed by atoms with Crippen LogP contribution in [0.15, 0.2) is 36.4 Å². The number of ether oxygens (including phenoxy) is 3. The number of carbonyl (C=O) groups is 2. The number of phenols is 1. The van der Waals surface area contributed by atoms with Crippen molar-refractivity contribution >= 4 is 11.8 Å². The van der Waals surface area contributed by atoms with E-state index >= 15 is 0 Å². The van der Waals surface area contributed by atoms with E-state index in [9.17, 15) is 14.7 Å². The minimum atomic E-state index is -0.764. The molecule has 31 heavy (non-hydrogen) atoms. The summed E-state index contributed by atoms with van der Waals surface area (Å²) in [5, 5.41) is 13.4. The van der Waals surface area contributed by atoms with Crippen molar-refractivity contribution in [2.75, 3.05) is 13.9 Å². The van der Waals surface area contributed by atoms with Gasteiger partial charge in [0.1, 0.15) is 17.5 Å². The van der Waals surface area contributed by atoms with Gasteiger partial charge in [-0.3, -0.25) is 9.59 Å². The highest BCUT2D eigenvalue weighted by atomic mass is 16.7. The second-order valence-corrected chi connectivity index (χ2v) is 7.63. The maximum Gasteiger partial charge on any atom is 0.240 e. The number of nitrogens with two attached hydrogens (primary N) is 1. The van der Waals surface area contributed by atoms with E-state index in [1.165, 1.54) is 6.07 Å². The van der Waals surface area contributed by atoms with E-state index in [-0.39, 0.29) is 30.8 Å². The highest BCUT2D eigenvalue weighted by molar-refractivity contribution is 5.87. The number of phenolic OH excluding ortho intramolecular Hbond substituents is 1. The summed E-state index contributed by atoms with van der Waals surface area (Å²) in [6, 6.07) is 9.64. The van der Waals surface area contributed by atoms with Crippen LogP contribution in [0.5, 0.6) is 23.0 Å². The van der Waals surface area contributed by atoms with Crippen LogP contribution in [-0.2, 0) is 9.59 Å². The lowest BCUT2D eigenvalue weighted by Gasteiger charge is -2.24. The zero-order valence-corrected chi connectivity index (χ0v) is 17.9. The van der Waals surface area contributed by atoms with E-state index in [4.69, 9.17) is 19.9 Å². The standard InChI is InChI=1S/C23H28N2O6/c1-4-13(2)22(23(24)28)25-21(27)10-16(14-5-7-15(29-3)8-6-14)17-9-19-20(11-18(17)26)31-12-30-19/h5-9,11,13,16,22,26H,4,10,12H2,1-3H3,(H2,24,28)(H,25,27). The van der Waals surface area contributed by atoms with Crippen LogP contribution < -0.4 is 25.3 Å². The van der Waals surface area contributed by atoms with Crippen molar-refractivity contribution < 1.29 is 28.9 Å². The normalized spacial score (nSPS) is 15.1. The third-order valence-corrected chi connectivity index (χ3v) is 5.64. The van der Waals surface area contributed by atoms with Crippen LogP contribution in [0.25, 0.3) is 0 Å². The first-order valence-electron chi connectivity index (χ1n) is 10.2. The Morgan fingerprint density at radius 3 is 2.42 bits per heavy atom. The van der Waals surface area contributed by atoms with Crippen LogP contribution in [0.1, 0.15) is 43.7 Å². The van der Waals surface area contributed by atoms with E-state index in [1.54, 1.807) is 25.3 Å². The molecule has 1 heterocycles. The van der Waals surface area contributed by atoms with Crippen LogP contribution in [0, 0.1) is 5.92 Å². The van der Waals surface area contributed by atoms with Crippen LogP contribution >= 0.6 is 0 Å². The fourth-order valence-electron chi connectivity index (χ4n) is 3.62. The second-order valence-electron chi connectivity index (χ2n) is 7.63. The number of aromatic hydroxyl groups is 1. The molecule has 0 fully saturated rings. The minimum absolute atomic E-state index is 0.000251. The Labute approximate surface area is 181 Å². The van der Waals surface area contributed by atoms with Crippen LogP contribution in [0.2, 0.25) is 0 Å². The van der Waals surface area contributed by atoms with Crippen molar-refractivity contribution in [3.63, 3.8) is 0 Å². The maximum absolute atomic E-state index is 12.9. The maximum atomic E-state index is 12.9. The summed E-state index contributed by atoms with van der Waals surface area (Å²) < 4.78 is 16.0. The van der Waals surface area contributed by atoms with Crippen LogP contribution in [0.3, 0.4) is 0 Å². The number of fused-ring (bicyclic) bond motifs is 1. The summed E-state index contributed by atoms with van der Waals surface area (Å²) in [4.78, 5) is 24.8. The fraction of sp³-hybridized carbons (Fsp3) is 0.391. The molecule has 0 aliphatic carbocycles. The van der Waals surface area contributed by atoms with Gasteiger partial charge in [-0.15, -0.1) is 0 Å². The SMILES string of the molecule is CCC(C)C(NC(=O)CC(c1ccc(OC)cc1)c1cc2c(cc1O)OCO2)C(N)=O. The zero-order chi connectivity index (χ0) is 22.5. The number of methoxy groups -OCH3 is 1. The molecule has 3 unspecified atom stereocenters. The molecule has 1 aliphatic rings. The van der Waals surface area contributed by atoms with Crippen LogP contribution in [-0.4, -0.2) is 36.9 Å². The fourth-order valence-corrected chi connectivity index (χ4v) is 3.62. The largest absolute Gasteiger partial charge is 0.508 e. The van der Waals surface area contributed by atoms with Crippen LogP contribution in [0.4, 0.5) is 0 Å². The Balaban J connectivity index is 1.93. The Bertz CT molecular complexity index is 944. The first-order chi connectivity index (χ1) is 14.8. The molecule has 2 aromatic rings. The molecular weight excluding hydrogens is 400 g/mol. The summed E-state index contributed by atoms with van der Waals surface area (Å²) >= 11 is 0. The van der Waals surface area contributed by atoms with Crippen molar-refractivity contribution in [3.8, 4) is 23.0 Å². The van der Waals surface area contributed by atoms with E-state index in [2.05, 4.69) is 5.32 Å². The van der Waals surface area contributed by atoms with Gasteiger partial charge in [0.2, 0.25) is 18.6 Å². The lowest BCUT2D eigenvalue weighted by molar-refractivity contribution is -0.128. The van der Waals surface area contributed by atoms with Crippen molar-refractivity contribution in [2.45, 2.75) is 38.6 Å². The third-order valence-electron chi connectivity index (χ3n) is 5.64. The van der Waals surface area contributed by atoms with Crippen molar-refractivity contribution in [1.29, 1.82) is 0 Å². The predicted molar refractivity (Wildman–Crippen MR) is 114 cm³/mol. The first kappa shape index (κ1) is 22.3. The molecule has 0 saturated heterocycles. The smallest absolute Gasteiger partial charge is 0.240 e. The monoisotopic (exact) mass is 428 g/mol. The summed E-state index contributed by atoms with van der Waals surface area (Å²) in [5.41, 5.74) is 6.81. The highest BCUT2D eigenvalue weighted by Crippen LogP contribution is 2.43. The molecule has 4 N–H and O–H groups in total. The molecule has 1 aliphatic heterocycles. The topological polar surface area (TPSA) is 120 Å². The Morgan fingerprint density at radius 2 is 1.84 bits per heavy atom. The molecule has 0 aromatic heterocycles. The van der Waals surface area contributed by atoms with Gasteiger partial charge in [0.05, 0.1) is 7.11 Å². The van der Waals surface area contributed by atoms with Gasteiger partial charge in [-0.2, -0.15) is 0 Å². The van der Waals surface area contributed by atoms with Gasteiger partial charge in [0, 0.05) is 24.0 Å². The lowest BCUT2D eigenvalue weighted by Crippen LogP contribution is -2.48. The quantitative estimate of drug-likeness (QED) is 0.565. The molecule has 0 radical (unpaired) electrons. The molecule has 0 bridgehead atoms. The number of rotatable bonds is 9. The molecule has 3 atom stereocenters. The summed E-state index contributed by atoms with van der Waals surface area (Å²) in [7, 11) is 1.57. The first-order valence-corrected chi connectivity index (χ1v) is 10.2. The number of amides is 2. The molecule has 3 rings (SSSR count). The molecular formula is C23H28N2O6. The van der Waals surface area contributed by atoms with Crippen molar-refractivity contribution in [2.24, 2.45) is 11.7 Å². The summed E-state index contributed by atoms with van der Waals surface area (Å²) in [6.45, 7) is 3.86. The van der Waals surface area contributed by atoms with Gasteiger partial charge in [-0.25, -0.2) is 0 Å². The zero-order valence-electron chi connectivity index (χ0n) is 17.9. The van der Waals surface area contributed by atoms with E-state index in [1.807, 2.05) is 26.0 Å². The van der Waals surface area contributed by atoms with E-state index in [0.29, 0.717) is 29.2 Å². The molecule has 2 aromatic carbocycles. The molecule has 0 saturated carbocycles. The Kier molecular flexibility index (Phi) is 6.89. The van der Waals surface area contributed by atoms with Gasteiger partial charge in [-0.05, 0) is 29.7 Å². The lowest BCUT2D eigenvalue weighted by atomic mass is 9.87. The molecule has 0 spiro atoms. The molecule has 166 valence electrons. The number of hydrogen-bond donors (Lipinski definition) is 3. The second kappa shape index (κ2) is 9.59. The third kappa shape index (κ3) is 5.02. The minimum Gasteiger partial charge on any atom is -0.508 e. The Hall–Kier alpha value is -3.42. The van der Waals surface area contributed by atoms with Gasteiger partial charge < -0.3 is 30.4 Å². The van der Waals surface area contributed by atoms with Gasteiger partial charge >= 0.3 is 0 Å². The number of nitrogens with one attached hydrogen (secondary N) is 1. The number of hydrogen-bond acceptors (Lipinski definition) is 6. The molecule has 2 amide bonds. The summed E-state index contributed by atoms with van der Waals surface area (Å²) in [5.74, 6) is 0.104. The number of primary amides is 1. The molecule has 8 heteroatoms. The number of benzene rings is 2. The average molecular weight is 428 g/mol. The van der Waals surface area contributed by atoms with Crippen molar-refractivity contribution in [1.82, 2.24) is 5.32 Å². The van der Waals surface area contributed by atoms with Crippen molar-refractivity contribution in [3.05, 3.63) is 47.5 Å². The predicted octanol–water partition coefficient (Wildman–Crippen LogP) is 2.67. The average Bonchev–Trinajstić information content (AvgIpc) is 3.22. The van der Waals surface area contributed by atoms with E-state index < -0.39 is 17.9 Å².